The Morgan fingerprint density at radius 3 is 2.56 bits per heavy atom. The van der Waals surface area contributed by atoms with Gasteiger partial charge >= 0.3 is 0 Å². The minimum Gasteiger partial charge on any atom is -0.504 e. The molecule has 0 aliphatic carbocycles. The van der Waals surface area contributed by atoms with Crippen molar-refractivity contribution in [1.82, 2.24) is 0 Å². The molecule has 0 spiro atoms. The molecule has 2 rings (SSSR count). The summed E-state index contributed by atoms with van der Waals surface area (Å²) < 4.78 is 5.65. The molecule has 2 aromatic carbocycles. The summed E-state index contributed by atoms with van der Waals surface area (Å²) in [5.74, 6) is 1.59. The van der Waals surface area contributed by atoms with Crippen LogP contribution in [-0.2, 0) is 0 Å². The van der Waals surface area contributed by atoms with E-state index in [9.17, 15) is 5.11 Å². The van der Waals surface area contributed by atoms with Gasteiger partial charge in [0.25, 0.3) is 0 Å². The normalized spacial score (nSPS) is 10.7. The number of ether oxygens (including phenoxy) is 1. The van der Waals surface area contributed by atoms with E-state index in [1.54, 1.807) is 12.1 Å². The van der Waals surface area contributed by atoms with E-state index in [0.717, 1.165) is 0 Å². The molecule has 0 radical (unpaired) electrons. The first-order valence-electron chi connectivity index (χ1n) is 5.82. The van der Waals surface area contributed by atoms with Crippen molar-refractivity contribution < 1.29 is 9.84 Å². The van der Waals surface area contributed by atoms with E-state index >= 15 is 0 Å². The fourth-order valence-corrected chi connectivity index (χ4v) is 1.81. The minimum atomic E-state index is 0.0393. The predicted molar refractivity (Wildman–Crippen MR) is 73.7 cm³/mol. The van der Waals surface area contributed by atoms with Gasteiger partial charge in [-0.1, -0.05) is 37.6 Å². The molecule has 94 valence electrons. The lowest BCUT2D eigenvalue weighted by molar-refractivity contribution is 0.411. The highest BCUT2D eigenvalue weighted by atomic mass is 35.5. The van der Waals surface area contributed by atoms with Crippen LogP contribution in [0.2, 0.25) is 5.02 Å². The second-order valence-corrected chi connectivity index (χ2v) is 4.88. The third-order valence-electron chi connectivity index (χ3n) is 2.67. The highest BCUT2D eigenvalue weighted by Gasteiger charge is 2.06. The highest BCUT2D eigenvalue weighted by Crippen LogP contribution is 2.33. The third-order valence-corrected chi connectivity index (χ3v) is 2.91. The second-order valence-electron chi connectivity index (χ2n) is 4.44. The van der Waals surface area contributed by atoms with Crippen molar-refractivity contribution in [1.29, 1.82) is 0 Å². The Labute approximate surface area is 112 Å². The largest absolute Gasteiger partial charge is 0.504 e. The van der Waals surface area contributed by atoms with Crippen molar-refractivity contribution in [3.8, 4) is 17.2 Å². The van der Waals surface area contributed by atoms with E-state index in [-0.39, 0.29) is 5.75 Å². The minimum absolute atomic E-state index is 0.0393. The van der Waals surface area contributed by atoms with E-state index < -0.39 is 0 Å². The van der Waals surface area contributed by atoms with Crippen LogP contribution >= 0.6 is 11.6 Å². The molecular formula is C15H15ClO2. The molecule has 2 aromatic rings. The average Bonchev–Trinajstić information content (AvgIpc) is 2.33. The molecule has 0 heterocycles. The van der Waals surface area contributed by atoms with Crippen molar-refractivity contribution in [2.75, 3.05) is 0 Å². The maximum atomic E-state index is 9.72. The Morgan fingerprint density at radius 1 is 1.11 bits per heavy atom. The van der Waals surface area contributed by atoms with E-state index in [0.29, 0.717) is 22.4 Å². The van der Waals surface area contributed by atoms with Crippen molar-refractivity contribution in [3.63, 3.8) is 0 Å². The lowest BCUT2D eigenvalue weighted by Gasteiger charge is -2.10. The molecule has 3 heteroatoms. The maximum absolute atomic E-state index is 9.72. The molecule has 0 saturated carbocycles. The van der Waals surface area contributed by atoms with Crippen molar-refractivity contribution in [2.24, 2.45) is 0 Å². The Balaban J connectivity index is 2.25. The van der Waals surface area contributed by atoms with Crippen LogP contribution in [-0.4, -0.2) is 5.11 Å². The Morgan fingerprint density at radius 2 is 1.89 bits per heavy atom. The zero-order valence-corrected chi connectivity index (χ0v) is 11.1. The van der Waals surface area contributed by atoms with Crippen LogP contribution in [0.5, 0.6) is 17.2 Å². The van der Waals surface area contributed by atoms with Crippen molar-refractivity contribution in [2.45, 2.75) is 19.8 Å². The van der Waals surface area contributed by atoms with E-state index in [1.165, 1.54) is 11.6 Å². The van der Waals surface area contributed by atoms with Gasteiger partial charge in [0.1, 0.15) is 5.75 Å². The Bertz CT molecular complexity index is 550. The van der Waals surface area contributed by atoms with Gasteiger partial charge in [0.15, 0.2) is 11.5 Å². The average molecular weight is 263 g/mol. The lowest BCUT2D eigenvalue weighted by Crippen LogP contribution is -1.89. The van der Waals surface area contributed by atoms with Crippen LogP contribution in [0.3, 0.4) is 0 Å². The van der Waals surface area contributed by atoms with Crippen LogP contribution in [0.15, 0.2) is 42.5 Å². The maximum Gasteiger partial charge on any atom is 0.169 e. The van der Waals surface area contributed by atoms with Crippen LogP contribution < -0.4 is 4.74 Å². The number of halogens is 1. The molecule has 18 heavy (non-hydrogen) atoms. The van der Waals surface area contributed by atoms with Crippen LogP contribution in [0.1, 0.15) is 25.3 Å². The summed E-state index contributed by atoms with van der Waals surface area (Å²) >= 11 is 5.77. The summed E-state index contributed by atoms with van der Waals surface area (Å²) in [6.07, 6.45) is 0. The summed E-state index contributed by atoms with van der Waals surface area (Å²) in [5.41, 5.74) is 1.20. The van der Waals surface area contributed by atoms with Gasteiger partial charge in [-0.3, -0.25) is 0 Å². The van der Waals surface area contributed by atoms with Gasteiger partial charge in [0, 0.05) is 11.1 Å². The lowest BCUT2D eigenvalue weighted by atomic mass is 10.0. The Kier molecular flexibility index (Phi) is 3.78. The quantitative estimate of drug-likeness (QED) is 0.847. The van der Waals surface area contributed by atoms with E-state index in [4.69, 9.17) is 16.3 Å². The molecule has 0 unspecified atom stereocenters. The fraction of sp³-hybridized carbons (Fsp3) is 0.200. The fourth-order valence-electron chi connectivity index (χ4n) is 1.64. The van der Waals surface area contributed by atoms with Gasteiger partial charge in [-0.25, -0.2) is 0 Å². The molecule has 0 aromatic heterocycles. The van der Waals surface area contributed by atoms with Crippen LogP contribution in [0.4, 0.5) is 0 Å². The number of aromatic hydroxyl groups is 1. The molecular weight excluding hydrogens is 248 g/mol. The topological polar surface area (TPSA) is 29.5 Å². The molecule has 0 saturated heterocycles. The highest BCUT2D eigenvalue weighted by molar-refractivity contribution is 6.30. The molecule has 0 atom stereocenters. The zero-order valence-electron chi connectivity index (χ0n) is 10.4. The van der Waals surface area contributed by atoms with Crippen molar-refractivity contribution in [3.05, 3.63) is 53.1 Å². The number of hydrogen-bond donors (Lipinski definition) is 1. The molecule has 0 bridgehead atoms. The van der Waals surface area contributed by atoms with Gasteiger partial charge in [-0.2, -0.15) is 0 Å². The SMILES string of the molecule is CC(C)c1cccc(Oc2ccc(Cl)cc2O)c1. The molecule has 0 aliphatic rings. The molecule has 2 nitrogen and oxygen atoms in total. The first-order chi connectivity index (χ1) is 8.56. The number of hydrogen-bond acceptors (Lipinski definition) is 2. The van der Waals surface area contributed by atoms with Crippen molar-refractivity contribution >= 4 is 11.6 Å². The molecule has 0 fully saturated rings. The monoisotopic (exact) mass is 262 g/mol. The summed E-state index contributed by atoms with van der Waals surface area (Å²) in [7, 11) is 0. The van der Waals surface area contributed by atoms with Gasteiger partial charge in [-0.15, -0.1) is 0 Å². The number of rotatable bonds is 3. The van der Waals surface area contributed by atoms with E-state index in [1.807, 2.05) is 18.2 Å². The third kappa shape index (κ3) is 2.96. The summed E-state index contributed by atoms with van der Waals surface area (Å²) in [5, 5.41) is 10.2. The zero-order chi connectivity index (χ0) is 13.1. The van der Waals surface area contributed by atoms with Gasteiger partial charge in [-0.05, 0) is 35.7 Å². The summed E-state index contributed by atoms with van der Waals surface area (Å²) in [6.45, 7) is 4.25. The number of benzene rings is 2. The van der Waals surface area contributed by atoms with E-state index in [2.05, 4.69) is 19.9 Å². The summed E-state index contributed by atoms with van der Waals surface area (Å²) in [4.78, 5) is 0. The standard InChI is InChI=1S/C15H15ClO2/c1-10(2)11-4-3-5-13(8-11)18-15-7-6-12(16)9-14(15)17/h3-10,17H,1-2H3. The second kappa shape index (κ2) is 5.32. The smallest absolute Gasteiger partial charge is 0.169 e. The Hall–Kier alpha value is -1.67. The van der Waals surface area contributed by atoms with Crippen LogP contribution in [0.25, 0.3) is 0 Å². The predicted octanol–water partition coefficient (Wildman–Crippen LogP) is 4.96. The van der Waals surface area contributed by atoms with Crippen LogP contribution in [0, 0.1) is 0 Å². The van der Waals surface area contributed by atoms with Gasteiger partial charge < -0.3 is 9.84 Å². The molecule has 1 N–H and O–H groups in total. The number of phenolic OH excluding ortho intramolecular Hbond substituents is 1. The first-order valence-corrected chi connectivity index (χ1v) is 6.20. The number of phenols is 1. The molecule has 0 aliphatic heterocycles. The first kappa shape index (κ1) is 12.8. The van der Waals surface area contributed by atoms with Gasteiger partial charge in [0.05, 0.1) is 0 Å². The summed E-state index contributed by atoms with van der Waals surface area (Å²) in [6, 6.07) is 12.6. The van der Waals surface area contributed by atoms with Gasteiger partial charge in [0.2, 0.25) is 0 Å². The molecule has 0 amide bonds.